The predicted molar refractivity (Wildman–Crippen MR) is 86.1 cm³/mol. The van der Waals surface area contributed by atoms with Crippen LogP contribution in [0.1, 0.15) is 26.3 Å². The highest BCUT2D eigenvalue weighted by Gasteiger charge is 2.31. The molecule has 2 rings (SSSR count). The van der Waals surface area contributed by atoms with Gasteiger partial charge in [0, 0.05) is 18.3 Å². The number of methoxy groups -OCH3 is 1. The number of alkyl halides is 3. The molecule has 0 aliphatic heterocycles. The van der Waals surface area contributed by atoms with Crippen LogP contribution in [0, 0.1) is 0 Å². The third kappa shape index (κ3) is 4.72. The van der Waals surface area contributed by atoms with Crippen LogP contribution in [0.15, 0.2) is 36.4 Å². The summed E-state index contributed by atoms with van der Waals surface area (Å²) in [6.45, 7) is 1.91. The van der Waals surface area contributed by atoms with Crippen molar-refractivity contribution in [2.45, 2.75) is 13.3 Å². The third-order valence-electron chi connectivity index (χ3n) is 3.13. The Hall–Kier alpha value is -2.55. The number of esters is 1. The molecular formula is C16H14F3NO4S. The highest BCUT2D eigenvalue weighted by molar-refractivity contribution is 7.16. The van der Waals surface area contributed by atoms with Gasteiger partial charge in [-0.25, -0.2) is 4.79 Å². The number of nitrogens with zero attached hydrogens (tertiary/aromatic N) is 1. The number of benzene rings is 1. The van der Waals surface area contributed by atoms with Crippen molar-refractivity contribution in [1.82, 2.24) is 0 Å². The molecule has 1 heterocycles. The number of hydrogen-bond acceptors (Lipinski definition) is 5. The van der Waals surface area contributed by atoms with E-state index in [9.17, 15) is 22.8 Å². The van der Waals surface area contributed by atoms with Gasteiger partial charge >= 0.3 is 12.3 Å². The largest absolute Gasteiger partial charge is 0.573 e. The molecule has 1 amide bonds. The highest BCUT2D eigenvalue weighted by Crippen LogP contribution is 2.28. The number of carbonyl (C=O) groups excluding carboxylic acids is 2. The minimum Gasteiger partial charge on any atom is -0.465 e. The summed E-state index contributed by atoms with van der Waals surface area (Å²) >= 11 is 0.949. The molecular weight excluding hydrogens is 359 g/mol. The van der Waals surface area contributed by atoms with Crippen molar-refractivity contribution < 1.29 is 32.2 Å². The lowest BCUT2D eigenvalue weighted by atomic mass is 10.2. The molecule has 0 fully saturated rings. The Morgan fingerprint density at radius 1 is 1.16 bits per heavy atom. The molecule has 5 nitrogen and oxygen atoms in total. The maximum Gasteiger partial charge on any atom is 0.573 e. The molecule has 0 saturated heterocycles. The number of carbonyl (C=O) groups is 2. The van der Waals surface area contributed by atoms with E-state index in [0.717, 1.165) is 23.5 Å². The summed E-state index contributed by atoms with van der Waals surface area (Å²) in [6, 6.07) is 8.07. The lowest BCUT2D eigenvalue weighted by molar-refractivity contribution is -0.274. The molecule has 1 aromatic carbocycles. The van der Waals surface area contributed by atoms with Crippen LogP contribution in [-0.2, 0) is 4.74 Å². The number of anilines is 1. The van der Waals surface area contributed by atoms with Gasteiger partial charge in [0.25, 0.3) is 5.91 Å². The zero-order chi connectivity index (χ0) is 18.6. The minimum absolute atomic E-state index is 0.222. The summed E-state index contributed by atoms with van der Waals surface area (Å²) in [5.74, 6) is -1.42. The monoisotopic (exact) mass is 373 g/mol. The van der Waals surface area contributed by atoms with Crippen molar-refractivity contribution in [2.75, 3.05) is 18.6 Å². The van der Waals surface area contributed by atoms with E-state index >= 15 is 0 Å². The van der Waals surface area contributed by atoms with Crippen molar-refractivity contribution in [3.05, 3.63) is 46.2 Å². The van der Waals surface area contributed by atoms with E-state index in [1.165, 1.54) is 36.3 Å². The quantitative estimate of drug-likeness (QED) is 0.741. The molecule has 0 aliphatic carbocycles. The summed E-state index contributed by atoms with van der Waals surface area (Å²) < 4.78 is 45.5. The van der Waals surface area contributed by atoms with Crippen LogP contribution in [0.3, 0.4) is 0 Å². The zero-order valence-electron chi connectivity index (χ0n) is 13.3. The fourth-order valence-corrected chi connectivity index (χ4v) is 2.96. The smallest absolute Gasteiger partial charge is 0.465 e. The van der Waals surface area contributed by atoms with E-state index in [1.807, 2.05) is 0 Å². The second kappa shape index (κ2) is 7.56. The first-order valence-electron chi connectivity index (χ1n) is 7.11. The molecule has 0 aliphatic rings. The van der Waals surface area contributed by atoms with Crippen LogP contribution in [0.25, 0.3) is 0 Å². The Kier molecular flexibility index (Phi) is 5.68. The number of rotatable bonds is 5. The second-order valence-electron chi connectivity index (χ2n) is 4.75. The molecule has 1 aromatic heterocycles. The molecule has 134 valence electrons. The first-order chi connectivity index (χ1) is 11.7. The molecule has 0 spiro atoms. The van der Waals surface area contributed by atoms with Crippen LogP contribution in [0.4, 0.5) is 18.9 Å². The molecule has 0 N–H and O–H groups in total. The van der Waals surface area contributed by atoms with Crippen molar-refractivity contribution in [3.63, 3.8) is 0 Å². The fraction of sp³-hybridized carbons (Fsp3) is 0.250. The third-order valence-corrected chi connectivity index (χ3v) is 4.18. The van der Waals surface area contributed by atoms with E-state index in [2.05, 4.69) is 9.47 Å². The van der Waals surface area contributed by atoms with Crippen LogP contribution >= 0.6 is 11.3 Å². The van der Waals surface area contributed by atoms with Gasteiger partial charge in [-0.15, -0.1) is 24.5 Å². The van der Waals surface area contributed by atoms with Crippen LogP contribution < -0.4 is 9.64 Å². The zero-order valence-corrected chi connectivity index (χ0v) is 14.1. The van der Waals surface area contributed by atoms with E-state index in [-0.39, 0.29) is 22.0 Å². The molecule has 2 aromatic rings. The molecule has 25 heavy (non-hydrogen) atoms. The standard InChI is InChI=1S/C16H14F3NO4S/c1-3-20(10-5-4-6-11(9-10)24-16(17,18)19)14(21)12-7-8-13(25-12)15(22)23-2/h4-9H,3H2,1-2H3. The summed E-state index contributed by atoms with van der Waals surface area (Å²) in [6.07, 6.45) is -4.82. The Balaban J connectivity index is 2.27. The molecule has 0 saturated carbocycles. The molecule has 0 radical (unpaired) electrons. The van der Waals surface area contributed by atoms with Gasteiger partial charge in [-0.2, -0.15) is 0 Å². The van der Waals surface area contributed by atoms with Crippen molar-refractivity contribution in [3.8, 4) is 5.75 Å². The van der Waals surface area contributed by atoms with Gasteiger partial charge in [0.05, 0.1) is 12.0 Å². The SMILES string of the molecule is CCN(C(=O)c1ccc(C(=O)OC)s1)c1cccc(OC(F)(F)F)c1. The van der Waals surface area contributed by atoms with Crippen molar-refractivity contribution >= 4 is 28.9 Å². The first-order valence-corrected chi connectivity index (χ1v) is 7.92. The van der Waals surface area contributed by atoms with E-state index < -0.39 is 24.0 Å². The summed E-state index contributed by atoms with van der Waals surface area (Å²) in [7, 11) is 1.23. The van der Waals surface area contributed by atoms with Gasteiger partial charge in [-0.3, -0.25) is 4.79 Å². The fourth-order valence-electron chi connectivity index (χ4n) is 2.09. The Morgan fingerprint density at radius 2 is 1.84 bits per heavy atom. The normalized spacial score (nSPS) is 11.1. The summed E-state index contributed by atoms with van der Waals surface area (Å²) in [4.78, 5) is 25.9. The van der Waals surface area contributed by atoms with Crippen LogP contribution in [-0.4, -0.2) is 31.9 Å². The van der Waals surface area contributed by atoms with Crippen molar-refractivity contribution in [2.24, 2.45) is 0 Å². The van der Waals surface area contributed by atoms with E-state index in [0.29, 0.717) is 0 Å². The number of hydrogen-bond donors (Lipinski definition) is 0. The van der Waals surface area contributed by atoms with Crippen LogP contribution in [0.5, 0.6) is 5.75 Å². The van der Waals surface area contributed by atoms with E-state index in [1.54, 1.807) is 6.92 Å². The van der Waals surface area contributed by atoms with E-state index in [4.69, 9.17) is 0 Å². The van der Waals surface area contributed by atoms with Gasteiger partial charge in [0.2, 0.25) is 0 Å². The average molecular weight is 373 g/mol. The number of halogens is 3. The maximum absolute atomic E-state index is 12.6. The molecule has 0 unspecified atom stereocenters. The topological polar surface area (TPSA) is 55.8 Å². The van der Waals surface area contributed by atoms with Gasteiger partial charge in [-0.05, 0) is 31.2 Å². The average Bonchev–Trinajstić information content (AvgIpc) is 3.03. The molecule has 0 atom stereocenters. The number of amides is 1. The predicted octanol–water partition coefficient (Wildman–Crippen LogP) is 4.10. The lowest BCUT2D eigenvalue weighted by Crippen LogP contribution is -2.30. The Morgan fingerprint density at radius 3 is 2.44 bits per heavy atom. The van der Waals surface area contributed by atoms with Gasteiger partial charge in [0.1, 0.15) is 10.6 Å². The van der Waals surface area contributed by atoms with Gasteiger partial charge in [0.15, 0.2) is 0 Å². The van der Waals surface area contributed by atoms with Gasteiger partial charge < -0.3 is 14.4 Å². The number of ether oxygens (including phenoxy) is 2. The summed E-state index contributed by atoms with van der Waals surface area (Å²) in [5, 5.41) is 0. The lowest BCUT2D eigenvalue weighted by Gasteiger charge is -2.21. The Bertz CT molecular complexity index is 773. The molecule has 0 bridgehead atoms. The van der Waals surface area contributed by atoms with Crippen LogP contribution in [0.2, 0.25) is 0 Å². The maximum atomic E-state index is 12.6. The minimum atomic E-state index is -4.82. The highest BCUT2D eigenvalue weighted by atomic mass is 32.1. The van der Waals surface area contributed by atoms with Gasteiger partial charge in [-0.1, -0.05) is 6.07 Å². The summed E-state index contributed by atoms with van der Waals surface area (Å²) in [5.41, 5.74) is 0.252. The number of thiophene rings is 1. The second-order valence-corrected chi connectivity index (χ2v) is 5.83. The van der Waals surface area contributed by atoms with Crippen molar-refractivity contribution in [1.29, 1.82) is 0 Å². The molecule has 9 heteroatoms. The Labute approximate surface area is 145 Å². The first kappa shape index (κ1) is 18.8.